The molecule has 1 aromatic heterocycles. The molecule has 0 saturated carbocycles. The molecule has 0 atom stereocenters. The highest BCUT2D eigenvalue weighted by Gasteiger charge is 2.12. The molecule has 0 unspecified atom stereocenters. The minimum Gasteiger partial charge on any atom is -0.378 e. The molecule has 1 heterocycles. The minimum atomic E-state index is -0.394. The average molecular weight is 431 g/mol. The topological polar surface area (TPSA) is 92.2 Å². The van der Waals surface area contributed by atoms with Crippen molar-refractivity contribution in [2.24, 2.45) is 0 Å². The number of amides is 2. The second-order valence-electron chi connectivity index (χ2n) is 6.20. The fourth-order valence-electron chi connectivity index (χ4n) is 2.42. The van der Waals surface area contributed by atoms with Crippen molar-refractivity contribution < 1.29 is 9.59 Å². The van der Waals surface area contributed by atoms with Crippen molar-refractivity contribution in [3.05, 3.63) is 65.4 Å². The molecule has 0 fully saturated rings. The number of nitrogens with one attached hydrogen (secondary N) is 2. The summed E-state index contributed by atoms with van der Waals surface area (Å²) >= 11 is 7.21. The van der Waals surface area contributed by atoms with E-state index in [-0.39, 0.29) is 11.7 Å². The first-order valence-corrected chi connectivity index (χ1v) is 9.96. The number of nitrogens with zero attached hydrogens (tertiary/aromatic N) is 4. The van der Waals surface area contributed by atoms with Gasteiger partial charge in [0.25, 0.3) is 5.91 Å². The maximum Gasteiger partial charge on any atom is 0.269 e. The van der Waals surface area contributed by atoms with E-state index in [0.29, 0.717) is 15.7 Å². The van der Waals surface area contributed by atoms with Crippen LogP contribution in [0.15, 0.2) is 60.0 Å². The monoisotopic (exact) mass is 430 g/mol. The molecule has 2 amide bonds. The molecule has 150 valence electrons. The number of aromatic nitrogens is 3. The predicted molar refractivity (Wildman–Crippen MR) is 113 cm³/mol. The lowest BCUT2D eigenvalue weighted by molar-refractivity contribution is -0.119. The third-order valence-electron chi connectivity index (χ3n) is 3.88. The van der Waals surface area contributed by atoms with E-state index in [0.717, 1.165) is 11.4 Å². The maximum absolute atomic E-state index is 12.2. The number of hydrogen-bond acceptors (Lipinski definition) is 6. The first-order valence-electron chi connectivity index (χ1n) is 8.59. The van der Waals surface area contributed by atoms with Crippen LogP contribution < -0.4 is 15.8 Å². The van der Waals surface area contributed by atoms with Gasteiger partial charge in [-0.25, -0.2) is 0 Å². The number of hydrogen-bond donors (Lipinski definition) is 2. The Morgan fingerprint density at radius 3 is 2.69 bits per heavy atom. The molecule has 29 heavy (non-hydrogen) atoms. The lowest BCUT2D eigenvalue weighted by Gasteiger charge is -2.13. The van der Waals surface area contributed by atoms with Gasteiger partial charge in [-0.15, -0.1) is 10.2 Å². The molecule has 3 rings (SSSR count). The largest absolute Gasteiger partial charge is 0.378 e. The van der Waals surface area contributed by atoms with E-state index in [1.165, 1.54) is 11.8 Å². The van der Waals surface area contributed by atoms with E-state index in [1.807, 2.05) is 37.2 Å². The quantitative estimate of drug-likeness (QED) is 0.461. The third kappa shape index (κ3) is 5.49. The molecule has 2 aromatic carbocycles. The number of hydrazine groups is 1. The summed E-state index contributed by atoms with van der Waals surface area (Å²) in [7, 11) is 3.77. The van der Waals surface area contributed by atoms with Crippen LogP contribution in [0.2, 0.25) is 5.02 Å². The third-order valence-corrected chi connectivity index (χ3v) is 5.05. The molecule has 0 bridgehead atoms. The van der Waals surface area contributed by atoms with Crippen LogP contribution in [0.3, 0.4) is 0 Å². The molecular weight excluding hydrogens is 412 g/mol. The smallest absolute Gasteiger partial charge is 0.269 e. The van der Waals surface area contributed by atoms with Gasteiger partial charge in [0, 0.05) is 30.4 Å². The van der Waals surface area contributed by atoms with Gasteiger partial charge in [0.1, 0.15) is 6.33 Å². The second kappa shape index (κ2) is 9.44. The van der Waals surface area contributed by atoms with Gasteiger partial charge in [-0.1, -0.05) is 35.5 Å². The van der Waals surface area contributed by atoms with Crippen molar-refractivity contribution >= 4 is 40.9 Å². The number of carbonyl (C=O) groups excluding carboxylic acids is 2. The molecule has 0 spiro atoms. The van der Waals surface area contributed by atoms with Gasteiger partial charge in [0.05, 0.1) is 11.4 Å². The standard InChI is InChI=1S/C19H19ClN6O2S/c1-25(2)15-7-3-5-13(9-15)18(28)23-22-17(27)11-29-19-24-21-12-26(19)16-8-4-6-14(20)10-16/h3-10,12H,11H2,1-2H3,(H,22,27)(H,23,28). The van der Waals surface area contributed by atoms with Crippen LogP contribution in [0.4, 0.5) is 5.69 Å². The number of benzene rings is 2. The fourth-order valence-corrected chi connectivity index (χ4v) is 3.33. The van der Waals surface area contributed by atoms with Crippen molar-refractivity contribution in [1.82, 2.24) is 25.6 Å². The maximum atomic E-state index is 12.2. The summed E-state index contributed by atoms with van der Waals surface area (Å²) in [6.07, 6.45) is 1.55. The van der Waals surface area contributed by atoms with Crippen LogP contribution in [0.5, 0.6) is 0 Å². The highest BCUT2D eigenvalue weighted by atomic mass is 35.5. The Labute approximate surface area is 177 Å². The molecule has 2 N–H and O–H groups in total. The van der Waals surface area contributed by atoms with Crippen molar-refractivity contribution in [3.63, 3.8) is 0 Å². The van der Waals surface area contributed by atoms with Gasteiger partial charge >= 0.3 is 0 Å². The van der Waals surface area contributed by atoms with E-state index in [4.69, 9.17) is 11.6 Å². The van der Waals surface area contributed by atoms with Crippen LogP contribution in [-0.2, 0) is 4.79 Å². The summed E-state index contributed by atoms with van der Waals surface area (Å²) in [5.74, 6) is -0.709. The number of anilines is 1. The molecule has 0 aliphatic carbocycles. The minimum absolute atomic E-state index is 0.0529. The van der Waals surface area contributed by atoms with E-state index in [1.54, 1.807) is 41.2 Å². The lowest BCUT2D eigenvalue weighted by atomic mass is 10.2. The van der Waals surface area contributed by atoms with Crippen molar-refractivity contribution in [1.29, 1.82) is 0 Å². The van der Waals surface area contributed by atoms with Crippen LogP contribution in [0, 0.1) is 0 Å². The molecular formula is C19H19ClN6O2S. The number of carbonyl (C=O) groups is 2. The van der Waals surface area contributed by atoms with E-state index in [2.05, 4.69) is 21.0 Å². The Kier molecular flexibility index (Phi) is 6.73. The van der Waals surface area contributed by atoms with Gasteiger partial charge in [-0.3, -0.25) is 25.0 Å². The molecule has 0 radical (unpaired) electrons. The van der Waals surface area contributed by atoms with E-state index < -0.39 is 5.91 Å². The molecule has 0 aliphatic rings. The Morgan fingerprint density at radius 1 is 1.14 bits per heavy atom. The summed E-state index contributed by atoms with van der Waals surface area (Å²) in [6.45, 7) is 0. The molecule has 3 aromatic rings. The highest BCUT2D eigenvalue weighted by molar-refractivity contribution is 7.99. The molecule has 0 saturated heterocycles. The van der Waals surface area contributed by atoms with Crippen LogP contribution in [-0.4, -0.2) is 46.4 Å². The van der Waals surface area contributed by atoms with E-state index in [9.17, 15) is 9.59 Å². The summed E-state index contributed by atoms with van der Waals surface area (Å²) in [5.41, 5.74) is 6.96. The Bertz CT molecular complexity index is 1020. The lowest BCUT2D eigenvalue weighted by Crippen LogP contribution is -2.42. The summed E-state index contributed by atoms with van der Waals surface area (Å²) in [6, 6.07) is 14.3. The van der Waals surface area contributed by atoms with Gasteiger partial charge in [0.15, 0.2) is 5.16 Å². The van der Waals surface area contributed by atoms with Gasteiger partial charge in [-0.05, 0) is 36.4 Å². The Hall–Kier alpha value is -3.04. The average Bonchev–Trinajstić information content (AvgIpc) is 3.19. The van der Waals surface area contributed by atoms with Gasteiger partial charge < -0.3 is 4.90 Å². The van der Waals surface area contributed by atoms with Crippen LogP contribution in [0.25, 0.3) is 5.69 Å². The highest BCUT2D eigenvalue weighted by Crippen LogP contribution is 2.21. The zero-order valence-electron chi connectivity index (χ0n) is 15.8. The second-order valence-corrected chi connectivity index (χ2v) is 7.58. The first-order chi connectivity index (χ1) is 13.9. The van der Waals surface area contributed by atoms with Crippen LogP contribution in [0.1, 0.15) is 10.4 Å². The summed E-state index contributed by atoms with van der Waals surface area (Å²) in [5, 5.41) is 9.03. The molecule has 8 nitrogen and oxygen atoms in total. The zero-order valence-corrected chi connectivity index (χ0v) is 17.4. The van der Waals surface area contributed by atoms with Crippen molar-refractivity contribution in [3.8, 4) is 5.69 Å². The number of halogens is 1. The summed E-state index contributed by atoms with van der Waals surface area (Å²) < 4.78 is 1.73. The SMILES string of the molecule is CN(C)c1cccc(C(=O)NNC(=O)CSc2nncn2-c2cccc(Cl)c2)c1. The number of thioether (sulfide) groups is 1. The van der Waals surface area contributed by atoms with Crippen LogP contribution >= 0.6 is 23.4 Å². The Morgan fingerprint density at radius 2 is 1.93 bits per heavy atom. The zero-order chi connectivity index (χ0) is 20.8. The van der Waals surface area contributed by atoms with Crippen molar-refractivity contribution in [2.45, 2.75) is 5.16 Å². The first kappa shape index (κ1) is 20.7. The van der Waals surface area contributed by atoms with E-state index >= 15 is 0 Å². The summed E-state index contributed by atoms with van der Waals surface area (Å²) in [4.78, 5) is 26.2. The number of rotatable bonds is 6. The fraction of sp³-hybridized carbons (Fsp3) is 0.158. The Balaban J connectivity index is 1.54. The van der Waals surface area contributed by atoms with Gasteiger partial charge in [-0.2, -0.15) is 0 Å². The van der Waals surface area contributed by atoms with Gasteiger partial charge in [0.2, 0.25) is 5.91 Å². The van der Waals surface area contributed by atoms with Crippen molar-refractivity contribution in [2.75, 3.05) is 24.7 Å². The normalized spacial score (nSPS) is 10.4. The molecule has 10 heteroatoms. The molecule has 0 aliphatic heterocycles. The predicted octanol–water partition coefficient (Wildman–Crippen LogP) is 2.54.